The monoisotopic (exact) mass is 515 g/mol. The van der Waals surface area contributed by atoms with Gasteiger partial charge in [-0.05, 0) is 59.7 Å². The van der Waals surface area contributed by atoms with Gasteiger partial charge in [-0.15, -0.1) is 0 Å². The van der Waals surface area contributed by atoms with E-state index in [0.717, 1.165) is 25.7 Å². The van der Waals surface area contributed by atoms with Gasteiger partial charge >= 0.3 is 0 Å². The van der Waals surface area contributed by atoms with Crippen LogP contribution in [0.3, 0.4) is 0 Å². The summed E-state index contributed by atoms with van der Waals surface area (Å²) in [4.78, 5) is 12.2. The molecule has 1 amide bonds. The molecule has 0 saturated heterocycles. The average Bonchev–Trinajstić information content (AvgIpc) is 2.79. The fourth-order valence-electron chi connectivity index (χ4n) is 2.68. The van der Waals surface area contributed by atoms with E-state index in [0.29, 0.717) is 6.61 Å². The van der Waals surface area contributed by atoms with Gasteiger partial charge in [0, 0.05) is 11.5 Å². The molecule has 0 radical (unpaired) electrons. The van der Waals surface area contributed by atoms with Gasteiger partial charge in [0.05, 0.1) is 17.7 Å². The summed E-state index contributed by atoms with van der Waals surface area (Å²) in [6, 6.07) is 23.3. The quantitative estimate of drug-likeness (QED) is 0.346. The largest absolute Gasteiger partial charge is 0.489 e. The maximum atomic E-state index is 12.5. The van der Waals surface area contributed by atoms with E-state index >= 15 is 0 Å². The lowest BCUT2D eigenvalue weighted by atomic mass is 10.2. The molecule has 32 heavy (non-hydrogen) atoms. The molecule has 0 heterocycles. The Morgan fingerprint density at radius 1 is 1.03 bits per heavy atom. The molecule has 1 N–H and O–H groups in total. The molecule has 9 heteroatoms. The number of hydrogen-bond donors (Lipinski definition) is 1. The van der Waals surface area contributed by atoms with Crippen molar-refractivity contribution in [3.05, 3.63) is 94.5 Å². The van der Waals surface area contributed by atoms with Crippen LogP contribution in [0, 0.1) is 0 Å². The number of carbonyl (C=O) groups is 1. The van der Waals surface area contributed by atoms with Gasteiger partial charge in [-0.2, -0.15) is 9.41 Å². The van der Waals surface area contributed by atoms with E-state index in [1.807, 2.05) is 42.5 Å². The van der Waals surface area contributed by atoms with Gasteiger partial charge in [0.1, 0.15) is 12.4 Å². The fraction of sp³-hybridized carbons (Fsp3) is 0.130. The highest BCUT2D eigenvalue weighted by molar-refractivity contribution is 9.10. The maximum Gasteiger partial charge on any atom is 0.255 e. The predicted molar refractivity (Wildman–Crippen MR) is 127 cm³/mol. The molecule has 0 aliphatic rings. The Labute approximate surface area is 195 Å². The lowest BCUT2D eigenvalue weighted by Crippen LogP contribution is -2.36. The van der Waals surface area contributed by atoms with Crippen LogP contribution in [0.15, 0.2) is 93.3 Å². The predicted octanol–water partition coefficient (Wildman–Crippen LogP) is 3.80. The highest BCUT2D eigenvalue weighted by Gasteiger charge is 2.22. The number of nitrogens with one attached hydrogen (secondary N) is 1. The Balaban J connectivity index is 1.48. The van der Waals surface area contributed by atoms with Crippen molar-refractivity contribution < 1.29 is 17.9 Å². The zero-order chi connectivity index (χ0) is 23.0. The van der Waals surface area contributed by atoms with Crippen LogP contribution >= 0.6 is 15.9 Å². The molecule has 0 unspecified atom stereocenters. The summed E-state index contributed by atoms with van der Waals surface area (Å²) in [7, 11) is -2.43. The van der Waals surface area contributed by atoms with Crippen LogP contribution < -0.4 is 10.2 Å². The number of hydrazone groups is 1. The van der Waals surface area contributed by atoms with Gasteiger partial charge in [-0.1, -0.05) is 46.3 Å². The molecular weight excluding hydrogens is 494 g/mol. The lowest BCUT2D eigenvalue weighted by Gasteiger charge is -2.16. The van der Waals surface area contributed by atoms with E-state index in [1.165, 1.54) is 25.4 Å². The number of nitrogens with zero attached hydrogens (tertiary/aromatic N) is 2. The summed E-state index contributed by atoms with van der Waals surface area (Å²) in [6.07, 6.45) is 1.47. The number of likely N-dealkylation sites (N-methyl/N-ethyl adjacent to an activating group) is 1. The molecule has 0 saturated carbocycles. The van der Waals surface area contributed by atoms with Crippen molar-refractivity contribution in [1.82, 2.24) is 9.73 Å². The zero-order valence-electron chi connectivity index (χ0n) is 17.3. The maximum absolute atomic E-state index is 12.5. The molecule has 0 spiro atoms. The number of sulfonamides is 1. The highest BCUT2D eigenvalue weighted by atomic mass is 79.9. The number of rotatable bonds is 9. The Hall–Kier alpha value is -3.01. The van der Waals surface area contributed by atoms with Crippen molar-refractivity contribution in [3.8, 4) is 5.75 Å². The minimum absolute atomic E-state index is 0.106. The van der Waals surface area contributed by atoms with E-state index in [1.54, 1.807) is 24.3 Å². The first-order chi connectivity index (χ1) is 15.3. The minimum Gasteiger partial charge on any atom is -0.489 e. The molecule has 166 valence electrons. The molecule has 0 aliphatic carbocycles. The zero-order valence-corrected chi connectivity index (χ0v) is 19.7. The summed E-state index contributed by atoms with van der Waals surface area (Å²) in [5.74, 6) is 0.169. The molecule has 0 fully saturated rings. The molecule has 3 aromatic carbocycles. The minimum atomic E-state index is -3.77. The van der Waals surface area contributed by atoms with Crippen LogP contribution in [0.25, 0.3) is 0 Å². The van der Waals surface area contributed by atoms with Crippen LogP contribution in [0.2, 0.25) is 0 Å². The molecular formula is C23H22BrN3O4S. The third kappa shape index (κ3) is 6.74. The van der Waals surface area contributed by atoms with Crippen molar-refractivity contribution in [1.29, 1.82) is 0 Å². The van der Waals surface area contributed by atoms with Gasteiger partial charge in [-0.25, -0.2) is 13.8 Å². The van der Waals surface area contributed by atoms with Crippen molar-refractivity contribution >= 4 is 38.1 Å². The first kappa shape index (κ1) is 23.6. The number of benzene rings is 3. The van der Waals surface area contributed by atoms with Crippen molar-refractivity contribution in [3.63, 3.8) is 0 Å². The third-order valence-corrected chi connectivity index (χ3v) is 6.77. The summed E-state index contributed by atoms with van der Waals surface area (Å²) in [5.41, 5.74) is 4.18. The number of amides is 1. The topological polar surface area (TPSA) is 88.1 Å². The summed E-state index contributed by atoms with van der Waals surface area (Å²) in [5, 5.41) is 3.89. The number of hydrogen-bond acceptors (Lipinski definition) is 5. The van der Waals surface area contributed by atoms with Crippen LogP contribution in [-0.2, 0) is 21.4 Å². The van der Waals surface area contributed by atoms with Crippen LogP contribution in [0.4, 0.5) is 0 Å². The van der Waals surface area contributed by atoms with E-state index < -0.39 is 15.9 Å². The Morgan fingerprint density at radius 3 is 2.34 bits per heavy atom. The Kier molecular flexibility index (Phi) is 8.15. The standard InChI is InChI=1S/C23H22BrN3O4S/c1-27(32(29,30)22-13-9-20(24)10-14-22)16-23(28)26-25-15-18-7-11-21(12-8-18)31-17-19-5-3-2-4-6-19/h2-15H,16-17H2,1H3,(H,26,28)/b25-15-. The van der Waals surface area contributed by atoms with E-state index in [4.69, 9.17) is 4.74 Å². The van der Waals surface area contributed by atoms with Gasteiger partial charge < -0.3 is 4.74 Å². The molecule has 7 nitrogen and oxygen atoms in total. The molecule has 3 rings (SSSR count). The van der Waals surface area contributed by atoms with Crippen LogP contribution in [0.1, 0.15) is 11.1 Å². The molecule has 0 bridgehead atoms. The smallest absolute Gasteiger partial charge is 0.255 e. The average molecular weight is 516 g/mol. The normalized spacial score (nSPS) is 11.6. The summed E-state index contributed by atoms with van der Waals surface area (Å²) >= 11 is 3.26. The lowest BCUT2D eigenvalue weighted by molar-refractivity contribution is -0.121. The Bertz CT molecular complexity index is 1170. The third-order valence-electron chi connectivity index (χ3n) is 4.42. The summed E-state index contributed by atoms with van der Waals surface area (Å²) in [6.45, 7) is 0.114. The SMILES string of the molecule is CN(CC(=O)N/N=C\c1ccc(OCc2ccccc2)cc1)S(=O)(=O)c1ccc(Br)cc1. The van der Waals surface area contributed by atoms with Crippen molar-refractivity contribution in [2.45, 2.75) is 11.5 Å². The first-order valence-electron chi connectivity index (χ1n) is 9.65. The number of ether oxygens (including phenoxy) is 1. The fourth-order valence-corrected chi connectivity index (χ4v) is 4.07. The summed E-state index contributed by atoms with van der Waals surface area (Å²) < 4.78 is 32.5. The molecule has 3 aromatic rings. The van der Waals surface area contributed by atoms with Crippen molar-refractivity contribution in [2.75, 3.05) is 13.6 Å². The second-order valence-electron chi connectivity index (χ2n) is 6.85. The Morgan fingerprint density at radius 2 is 1.69 bits per heavy atom. The molecule has 0 aromatic heterocycles. The molecule has 0 atom stereocenters. The first-order valence-corrected chi connectivity index (χ1v) is 11.9. The van der Waals surface area contributed by atoms with Gasteiger partial charge in [0.25, 0.3) is 5.91 Å². The van der Waals surface area contributed by atoms with Crippen LogP contribution in [0.5, 0.6) is 5.75 Å². The van der Waals surface area contributed by atoms with Gasteiger partial charge in [0.2, 0.25) is 10.0 Å². The number of carbonyl (C=O) groups excluding carboxylic acids is 1. The molecule has 0 aliphatic heterocycles. The van der Waals surface area contributed by atoms with E-state index in [9.17, 15) is 13.2 Å². The van der Waals surface area contributed by atoms with Gasteiger partial charge in [0.15, 0.2) is 0 Å². The second kappa shape index (κ2) is 11.0. The van der Waals surface area contributed by atoms with E-state index in [2.05, 4.69) is 26.5 Å². The highest BCUT2D eigenvalue weighted by Crippen LogP contribution is 2.17. The van der Waals surface area contributed by atoms with Crippen LogP contribution in [-0.4, -0.2) is 38.4 Å². The number of halogens is 1. The second-order valence-corrected chi connectivity index (χ2v) is 9.81. The van der Waals surface area contributed by atoms with E-state index in [-0.39, 0.29) is 11.4 Å². The van der Waals surface area contributed by atoms with Gasteiger partial charge in [-0.3, -0.25) is 4.79 Å². The van der Waals surface area contributed by atoms with Crippen molar-refractivity contribution in [2.24, 2.45) is 5.10 Å².